The van der Waals surface area contributed by atoms with Crippen molar-refractivity contribution >= 4 is 19.7 Å². The standard InChI is InChI=1S/C13H17ClFNO4S/c1-2-16-5-6-19-10(8-16)9-20-13-4-3-11(7-12(13)15)21(14,17)18/h3-4,7,10H,2,5-6,8-9H2,1H3. The van der Waals surface area contributed by atoms with Crippen LogP contribution in [0.4, 0.5) is 4.39 Å². The van der Waals surface area contributed by atoms with Crippen molar-refractivity contribution in [1.29, 1.82) is 0 Å². The minimum absolute atomic E-state index is 0.0173. The minimum Gasteiger partial charge on any atom is -0.488 e. The van der Waals surface area contributed by atoms with Crippen molar-refractivity contribution in [2.75, 3.05) is 32.8 Å². The van der Waals surface area contributed by atoms with E-state index in [1.54, 1.807) is 0 Å². The number of ether oxygens (including phenoxy) is 2. The maximum Gasteiger partial charge on any atom is 0.261 e. The van der Waals surface area contributed by atoms with Gasteiger partial charge in [-0.25, -0.2) is 12.8 Å². The predicted octanol–water partition coefficient (Wildman–Crippen LogP) is 1.85. The van der Waals surface area contributed by atoms with Crippen molar-refractivity contribution in [2.45, 2.75) is 17.9 Å². The molecule has 1 aromatic rings. The maximum atomic E-state index is 13.8. The number of morpholine rings is 1. The molecule has 118 valence electrons. The van der Waals surface area contributed by atoms with Gasteiger partial charge in [-0.2, -0.15) is 0 Å². The third-order valence-corrected chi connectivity index (χ3v) is 4.63. The second-order valence-corrected chi connectivity index (χ2v) is 7.29. The average molecular weight is 338 g/mol. The highest BCUT2D eigenvalue weighted by atomic mass is 35.7. The fraction of sp³-hybridized carbons (Fsp3) is 0.538. The van der Waals surface area contributed by atoms with Gasteiger partial charge in [-0.05, 0) is 24.7 Å². The molecule has 0 bridgehead atoms. The van der Waals surface area contributed by atoms with Crippen LogP contribution in [0.5, 0.6) is 5.75 Å². The van der Waals surface area contributed by atoms with E-state index in [0.717, 1.165) is 25.7 Å². The van der Waals surface area contributed by atoms with E-state index in [0.29, 0.717) is 6.61 Å². The lowest BCUT2D eigenvalue weighted by atomic mass is 10.3. The molecule has 0 aromatic heterocycles. The largest absolute Gasteiger partial charge is 0.488 e. The lowest BCUT2D eigenvalue weighted by Crippen LogP contribution is -2.44. The molecule has 0 aliphatic carbocycles. The van der Waals surface area contributed by atoms with E-state index < -0.39 is 14.9 Å². The van der Waals surface area contributed by atoms with Crippen molar-refractivity contribution in [3.63, 3.8) is 0 Å². The quantitative estimate of drug-likeness (QED) is 0.768. The molecule has 0 amide bonds. The Balaban J connectivity index is 1.97. The molecule has 1 saturated heterocycles. The second-order valence-electron chi connectivity index (χ2n) is 4.73. The van der Waals surface area contributed by atoms with Gasteiger partial charge in [0.15, 0.2) is 11.6 Å². The van der Waals surface area contributed by atoms with E-state index in [1.807, 2.05) is 0 Å². The SMILES string of the molecule is CCN1CCOC(COc2ccc(S(=O)(=O)Cl)cc2F)C1. The Bertz CT molecular complexity index is 596. The Morgan fingerprint density at radius 3 is 2.90 bits per heavy atom. The molecule has 21 heavy (non-hydrogen) atoms. The zero-order valence-electron chi connectivity index (χ0n) is 11.6. The normalized spacial score (nSPS) is 20.4. The Morgan fingerprint density at radius 1 is 1.52 bits per heavy atom. The first-order valence-corrected chi connectivity index (χ1v) is 8.92. The summed E-state index contributed by atoms with van der Waals surface area (Å²) in [5.41, 5.74) is 0. The third-order valence-electron chi connectivity index (χ3n) is 3.28. The lowest BCUT2D eigenvalue weighted by molar-refractivity contribution is -0.0468. The molecule has 2 rings (SSSR count). The summed E-state index contributed by atoms with van der Waals surface area (Å²) in [5.74, 6) is -0.781. The van der Waals surface area contributed by atoms with Gasteiger partial charge in [0.25, 0.3) is 9.05 Å². The molecule has 1 aliphatic heterocycles. The van der Waals surface area contributed by atoms with Crippen LogP contribution in [0.2, 0.25) is 0 Å². The van der Waals surface area contributed by atoms with Crippen molar-refractivity contribution in [2.24, 2.45) is 0 Å². The zero-order valence-corrected chi connectivity index (χ0v) is 13.2. The Morgan fingerprint density at radius 2 is 2.29 bits per heavy atom. The number of benzene rings is 1. The highest BCUT2D eigenvalue weighted by molar-refractivity contribution is 8.13. The summed E-state index contributed by atoms with van der Waals surface area (Å²) >= 11 is 0. The Hall–Kier alpha value is -0.890. The van der Waals surface area contributed by atoms with Gasteiger partial charge in [0.2, 0.25) is 0 Å². The molecule has 0 N–H and O–H groups in total. The van der Waals surface area contributed by atoms with Gasteiger partial charge >= 0.3 is 0 Å². The first kappa shape index (κ1) is 16.5. The summed E-state index contributed by atoms with van der Waals surface area (Å²) in [5, 5.41) is 0. The highest BCUT2D eigenvalue weighted by Gasteiger charge is 2.21. The molecule has 1 unspecified atom stereocenters. The molecule has 1 fully saturated rings. The summed E-state index contributed by atoms with van der Waals surface area (Å²) in [6.07, 6.45) is -0.130. The van der Waals surface area contributed by atoms with E-state index in [9.17, 15) is 12.8 Å². The summed E-state index contributed by atoms with van der Waals surface area (Å²) in [4.78, 5) is 1.93. The van der Waals surface area contributed by atoms with Crippen LogP contribution in [0, 0.1) is 5.82 Å². The van der Waals surface area contributed by atoms with Gasteiger partial charge in [0, 0.05) is 23.8 Å². The van der Waals surface area contributed by atoms with Crippen molar-refractivity contribution in [3.8, 4) is 5.75 Å². The van der Waals surface area contributed by atoms with Gasteiger partial charge in [-0.15, -0.1) is 0 Å². The van der Waals surface area contributed by atoms with Crippen LogP contribution in [0.3, 0.4) is 0 Å². The number of rotatable bonds is 5. The van der Waals surface area contributed by atoms with Crippen LogP contribution in [0.1, 0.15) is 6.92 Å². The molecule has 1 heterocycles. The number of nitrogens with zero attached hydrogens (tertiary/aromatic N) is 1. The summed E-state index contributed by atoms with van der Waals surface area (Å²) in [6, 6.07) is 3.31. The molecule has 1 aliphatic rings. The molecule has 0 radical (unpaired) electrons. The van der Waals surface area contributed by atoms with Crippen LogP contribution in [-0.4, -0.2) is 52.3 Å². The first-order valence-electron chi connectivity index (χ1n) is 6.61. The van der Waals surface area contributed by atoms with E-state index >= 15 is 0 Å². The minimum atomic E-state index is -3.94. The van der Waals surface area contributed by atoms with Crippen LogP contribution in [0.15, 0.2) is 23.1 Å². The van der Waals surface area contributed by atoms with Gasteiger partial charge in [-0.3, -0.25) is 4.90 Å². The van der Waals surface area contributed by atoms with Crippen molar-refractivity contribution in [1.82, 2.24) is 4.90 Å². The maximum absolute atomic E-state index is 13.8. The van der Waals surface area contributed by atoms with Crippen LogP contribution in [0.25, 0.3) is 0 Å². The highest BCUT2D eigenvalue weighted by Crippen LogP contribution is 2.23. The van der Waals surface area contributed by atoms with E-state index in [-0.39, 0.29) is 23.4 Å². The molecule has 1 atom stereocenters. The number of hydrogen-bond donors (Lipinski definition) is 0. The van der Waals surface area contributed by atoms with Gasteiger partial charge in [0.05, 0.1) is 11.5 Å². The first-order chi connectivity index (χ1) is 9.90. The third kappa shape index (κ3) is 4.54. The van der Waals surface area contributed by atoms with Gasteiger partial charge in [0.1, 0.15) is 12.7 Å². The Kier molecular flexibility index (Phi) is 5.43. The summed E-state index contributed by atoms with van der Waals surface area (Å²) in [6.45, 7) is 5.43. The molecule has 0 spiro atoms. The Labute approximate surface area is 128 Å². The number of halogens is 2. The zero-order chi connectivity index (χ0) is 15.5. The smallest absolute Gasteiger partial charge is 0.261 e. The van der Waals surface area contributed by atoms with Gasteiger partial charge < -0.3 is 9.47 Å². The van der Waals surface area contributed by atoms with Crippen LogP contribution >= 0.6 is 10.7 Å². The van der Waals surface area contributed by atoms with Crippen molar-refractivity contribution in [3.05, 3.63) is 24.0 Å². The molecule has 1 aromatic carbocycles. The van der Waals surface area contributed by atoms with Gasteiger partial charge in [-0.1, -0.05) is 6.92 Å². The summed E-state index contributed by atoms with van der Waals surface area (Å²) in [7, 11) is 1.21. The molecular formula is C13H17ClFNO4S. The van der Waals surface area contributed by atoms with E-state index in [2.05, 4.69) is 11.8 Å². The topological polar surface area (TPSA) is 55.8 Å². The fourth-order valence-corrected chi connectivity index (χ4v) is 2.86. The second kappa shape index (κ2) is 6.91. The van der Waals surface area contributed by atoms with Crippen LogP contribution in [-0.2, 0) is 13.8 Å². The molecule has 0 saturated carbocycles. The monoisotopic (exact) mass is 337 g/mol. The van der Waals surface area contributed by atoms with Crippen LogP contribution < -0.4 is 4.74 Å². The summed E-state index contributed by atoms with van der Waals surface area (Å²) < 4.78 is 46.9. The van der Waals surface area contributed by atoms with Crippen molar-refractivity contribution < 1.29 is 22.3 Å². The number of likely N-dealkylation sites (N-methyl/N-ethyl adjacent to an activating group) is 1. The number of hydrogen-bond acceptors (Lipinski definition) is 5. The predicted molar refractivity (Wildman–Crippen MR) is 76.8 cm³/mol. The molecule has 8 heteroatoms. The fourth-order valence-electron chi connectivity index (χ4n) is 2.10. The molecular weight excluding hydrogens is 321 g/mol. The lowest BCUT2D eigenvalue weighted by Gasteiger charge is -2.31. The van der Waals surface area contributed by atoms with E-state index in [4.69, 9.17) is 20.2 Å². The molecule has 5 nitrogen and oxygen atoms in total. The average Bonchev–Trinajstić information content (AvgIpc) is 2.45. The van der Waals surface area contributed by atoms with E-state index in [1.165, 1.54) is 12.1 Å².